The van der Waals surface area contributed by atoms with Crippen molar-refractivity contribution in [2.45, 2.75) is 12.7 Å². The fourth-order valence-electron chi connectivity index (χ4n) is 3.84. The maximum absolute atomic E-state index is 14.1. The molecule has 0 amide bonds. The molecule has 0 atom stereocenters. The monoisotopic (exact) mass is 494 g/mol. The molecular formula is C25H18F4N6O. The van der Waals surface area contributed by atoms with E-state index in [1.165, 1.54) is 45.6 Å². The first kappa shape index (κ1) is 23.2. The molecule has 5 aromatic rings. The van der Waals surface area contributed by atoms with Crippen LogP contribution in [0.4, 0.5) is 23.4 Å². The number of hydrogen-bond donors (Lipinski definition) is 1. The Morgan fingerprint density at radius 2 is 1.78 bits per heavy atom. The summed E-state index contributed by atoms with van der Waals surface area (Å²) >= 11 is 0. The molecule has 11 heteroatoms. The second kappa shape index (κ2) is 8.91. The summed E-state index contributed by atoms with van der Waals surface area (Å²) in [5.41, 5.74) is 0.458. The largest absolute Gasteiger partial charge is 0.416 e. The summed E-state index contributed by atoms with van der Waals surface area (Å²) in [7, 11) is 1.73. The predicted octanol–water partition coefficient (Wildman–Crippen LogP) is 4.89. The van der Waals surface area contributed by atoms with Crippen molar-refractivity contribution in [2.75, 3.05) is 12.4 Å². The van der Waals surface area contributed by atoms with Gasteiger partial charge in [-0.3, -0.25) is 4.79 Å². The van der Waals surface area contributed by atoms with E-state index in [-0.39, 0.29) is 12.1 Å². The van der Waals surface area contributed by atoms with Gasteiger partial charge in [-0.05, 0) is 54.6 Å². The van der Waals surface area contributed by atoms with Crippen molar-refractivity contribution in [1.29, 1.82) is 0 Å². The lowest BCUT2D eigenvalue weighted by atomic mass is 10.1. The molecule has 3 heterocycles. The van der Waals surface area contributed by atoms with Crippen molar-refractivity contribution in [3.63, 3.8) is 0 Å². The lowest BCUT2D eigenvalue weighted by Gasteiger charge is -2.08. The third-order valence-corrected chi connectivity index (χ3v) is 5.62. The Morgan fingerprint density at radius 3 is 2.47 bits per heavy atom. The van der Waals surface area contributed by atoms with Crippen LogP contribution in [0.3, 0.4) is 0 Å². The maximum Gasteiger partial charge on any atom is 0.416 e. The number of pyridine rings is 1. The summed E-state index contributed by atoms with van der Waals surface area (Å²) in [5.74, 6) is 0.549. The number of fused-ring (bicyclic) bond motifs is 1. The van der Waals surface area contributed by atoms with E-state index in [1.54, 1.807) is 31.6 Å². The van der Waals surface area contributed by atoms with E-state index < -0.39 is 17.6 Å². The molecule has 0 radical (unpaired) electrons. The van der Waals surface area contributed by atoms with Gasteiger partial charge in [0, 0.05) is 36.5 Å². The Hall–Kier alpha value is -4.54. The van der Waals surface area contributed by atoms with Crippen LogP contribution in [-0.2, 0) is 12.7 Å². The third kappa shape index (κ3) is 4.42. The molecule has 0 unspecified atom stereocenters. The van der Waals surface area contributed by atoms with Crippen molar-refractivity contribution in [3.8, 4) is 16.9 Å². The van der Waals surface area contributed by atoms with E-state index in [0.29, 0.717) is 39.5 Å². The number of alkyl halides is 3. The van der Waals surface area contributed by atoms with Crippen LogP contribution in [-0.4, -0.2) is 31.4 Å². The SMILES string of the molecule is CNc1ccnc(Cn2ccc(-c3nn(-c4ccc(C(F)(F)F)cc4)c4ccc(F)cc34)cc2=O)n1. The number of nitrogens with zero attached hydrogens (tertiary/aromatic N) is 5. The third-order valence-electron chi connectivity index (χ3n) is 5.62. The Balaban J connectivity index is 1.56. The Bertz CT molecular complexity index is 1620. The first-order valence-electron chi connectivity index (χ1n) is 10.8. The number of benzene rings is 2. The molecule has 0 bridgehead atoms. The quantitative estimate of drug-likeness (QED) is 0.352. The first-order chi connectivity index (χ1) is 17.2. The topological polar surface area (TPSA) is 77.6 Å². The highest BCUT2D eigenvalue weighted by atomic mass is 19.4. The van der Waals surface area contributed by atoms with E-state index in [0.717, 1.165) is 12.1 Å². The molecule has 2 aromatic carbocycles. The van der Waals surface area contributed by atoms with Crippen molar-refractivity contribution < 1.29 is 17.6 Å². The molecule has 0 saturated heterocycles. The average molecular weight is 494 g/mol. The smallest absolute Gasteiger partial charge is 0.373 e. The molecule has 182 valence electrons. The lowest BCUT2D eigenvalue weighted by Crippen LogP contribution is -2.20. The zero-order chi connectivity index (χ0) is 25.4. The molecule has 7 nitrogen and oxygen atoms in total. The molecule has 0 aliphatic carbocycles. The zero-order valence-corrected chi connectivity index (χ0v) is 18.8. The maximum atomic E-state index is 14.1. The first-order valence-corrected chi connectivity index (χ1v) is 10.8. The highest BCUT2D eigenvalue weighted by Gasteiger charge is 2.30. The van der Waals surface area contributed by atoms with Crippen LogP contribution in [0.1, 0.15) is 11.4 Å². The van der Waals surface area contributed by atoms with Crippen LogP contribution < -0.4 is 10.9 Å². The number of rotatable bonds is 5. The molecule has 5 rings (SSSR count). The van der Waals surface area contributed by atoms with Crippen LogP contribution >= 0.6 is 0 Å². The summed E-state index contributed by atoms with van der Waals surface area (Å²) in [6.07, 6.45) is -1.32. The summed E-state index contributed by atoms with van der Waals surface area (Å²) in [4.78, 5) is 21.3. The normalized spacial score (nSPS) is 11.7. The van der Waals surface area contributed by atoms with Gasteiger partial charge in [-0.2, -0.15) is 18.3 Å². The zero-order valence-electron chi connectivity index (χ0n) is 18.8. The molecule has 3 aromatic heterocycles. The molecule has 0 aliphatic heterocycles. The highest BCUT2D eigenvalue weighted by Crippen LogP contribution is 2.32. The van der Waals surface area contributed by atoms with Crippen LogP contribution in [0, 0.1) is 5.82 Å². The second-order valence-corrected chi connectivity index (χ2v) is 7.96. The van der Waals surface area contributed by atoms with E-state index in [4.69, 9.17) is 0 Å². The molecule has 36 heavy (non-hydrogen) atoms. The minimum atomic E-state index is -4.47. The molecule has 0 spiro atoms. The fourth-order valence-corrected chi connectivity index (χ4v) is 3.84. The number of halogens is 4. The fraction of sp³-hybridized carbons (Fsp3) is 0.120. The van der Waals surface area contributed by atoms with Gasteiger partial charge in [-0.1, -0.05) is 0 Å². The van der Waals surface area contributed by atoms with Crippen molar-refractivity contribution in [3.05, 3.63) is 101 Å². The predicted molar refractivity (Wildman–Crippen MR) is 126 cm³/mol. The van der Waals surface area contributed by atoms with E-state index in [1.807, 2.05) is 0 Å². The number of anilines is 1. The average Bonchev–Trinajstić information content (AvgIpc) is 3.23. The number of aromatic nitrogens is 5. The summed E-state index contributed by atoms with van der Waals surface area (Å²) in [5, 5.41) is 7.85. The number of hydrogen-bond acceptors (Lipinski definition) is 5. The molecule has 0 saturated carbocycles. The van der Waals surface area contributed by atoms with Gasteiger partial charge in [0.2, 0.25) is 0 Å². The molecule has 0 aliphatic rings. The van der Waals surface area contributed by atoms with E-state index in [2.05, 4.69) is 20.4 Å². The van der Waals surface area contributed by atoms with Crippen molar-refractivity contribution in [1.82, 2.24) is 24.3 Å². The van der Waals surface area contributed by atoms with Gasteiger partial charge in [0.15, 0.2) is 0 Å². The van der Waals surface area contributed by atoms with Crippen LogP contribution in [0.15, 0.2) is 77.9 Å². The van der Waals surface area contributed by atoms with E-state index in [9.17, 15) is 22.4 Å². The van der Waals surface area contributed by atoms with E-state index >= 15 is 0 Å². The minimum Gasteiger partial charge on any atom is -0.373 e. The highest BCUT2D eigenvalue weighted by molar-refractivity contribution is 5.94. The number of nitrogens with one attached hydrogen (secondary N) is 1. The van der Waals surface area contributed by atoms with Crippen LogP contribution in [0.2, 0.25) is 0 Å². The Labute approximate surface area is 201 Å². The Kier molecular flexibility index (Phi) is 5.75. The Morgan fingerprint density at radius 1 is 1.00 bits per heavy atom. The van der Waals surface area contributed by atoms with Crippen molar-refractivity contribution >= 4 is 16.7 Å². The van der Waals surface area contributed by atoms with Crippen LogP contribution in [0.25, 0.3) is 27.8 Å². The lowest BCUT2D eigenvalue weighted by molar-refractivity contribution is -0.137. The van der Waals surface area contributed by atoms with Gasteiger partial charge in [0.1, 0.15) is 23.2 Å². The van der Waals surface area contributed by atoms with Crippen molar-refractivity contribution in [2.24, 2.45) is 0 Å². The minimum absolute atomic E-state index is 0.143. The van der Waals surface area contributed by atoms with Gasteiger partial charge >= 0.3 is 6.18 Å². The van der Waals surface area contributed by atoms with Crippen LogP contribution in [0.5, 0.6) is 0 Å². The van der Waals surface area contributed by atoms with Gasteiger partial charge in [-0.15, -0.1) is 0 Å². The summed E-state index contributed by atoms with van der Waals surface area (Å²) in [6, 6.07) is 13.2. The van der Waals surface area contributed by atoms with Gasteiger partial charge in [0.25, 0.3) is 5.56 Å². The standard InChI is InChI=1S/C25H18F4N6O/c1-30-21-8-10-31-22(32-21)14-34-11-9-15(12-23(34)36)24-19-13-17(26)4-7-20(19)35(33-24)18-5-2-16(3-6-18)25(27,28)29/h2-13H,14H2,1H3,(H,30,31,32). The molecular weight excluding hydrogens is 476 g/mol. The van der Waals surface area contributed by atoms with Gasteiger partial charge in [0.05, 0.1) is 23.3 Å². The van der Waals surface area contributed by atoms with Gasteiger partial charge < -0.3 is 9.88 Å². The molecule has 1 N–H and O–H groups in total. The van der Waals surface area contributed by atoms with Gasteiger partial charge in [-0.25, -0.2) is 19.0 Å². The molecule has 0 fully saturated rings. The summed E-state index contributed by atoms with van der Waals surface area (Å²) < 4.78 is 55.9. The summed E-state index contributed by atoms with van der Waals surface area (Å²) in [6.45, 7) is 0.143. The second-order valence-electron chi connectivity index (χ2n) is 7.96.